The van der Waals surface area contributed by atoms with Crippen LogP contribution in [0.2, 0.25) is 10.0 Å². The highest BCUT2D eigenvalue weighted by Crippen LogP contribution is 2.34. The number of carbonyl (C=O) groups is 3. The minimum absolute atomic E-state index is 0.0257. The number of nitrogens with zero attached hydrogens (tertiary/aromatic N) is 3. The Hall–Kier alpha value is -2.85. The predicted octanol–water partition coefficient (Wildman–Crippen LogP) is 5.98. The first kappa shape index (κ1) is 33.1. The SMILES string of the molecule is C[N+]1(C(=O)[C@@H](Cc2ccc(Cl)c(Cl)c2)OC(=O)N2CCC(N3CCc4ccccc4NC3=O)CC2)CCC(C2CCNCC2)CC1. The number of ether oxygens (including phenoxy) is 1. The molecule has 4 amide bonds. The fourth-order valence-corrected chi connectivity index (χ4v) is 8.19. The minimum Gasteiger partial charge on any atom is -0.431 e. The van der Waals surface area contributed by atoms with E-state index in [1.54, 1.807) is 17.0 Å². The van der Waals surface area contributed by atoms with Crippen LogP contribution in [-0.2, 0) is 22.4 Å². The molecule has 46 heavy (non-hydrogen) atoms. The van der Waals surface area contributed by atoms with E-state index in [-0.39, 0.29) is 28.9 Å². The van der Waals surface area contributed by atoms with Crippen LogP contribution in [0.4, 0.5) is 15.3 Å². The number of rotatable bonds is 6. The molecular formula is C35H46Cl2N5O4+. The lowest BCUT2D eigenvalue weighted by atomic mass is 9.78. The van der Waals surface area contributed by atoms with Crippen LogP contribution < -0.4 is 10.6 Å². The number of halogens is 2. The predicted molar refractivity (Wildman–Crippen MR) is 180 cm³/mol. The molecule has 248 valence electrons. The van der Waals surface area contributed by atoms with Crippen molar-refractivity contribution in [2.45, 2.75) is 63.5 Å². The molecular weight excluding hydrogens is 625 g/mol. The number of fused-ring (bicyclic) bond motifs is 1. The molecule has 9 nitrogen and oxygen atoms in total. The Bertz CT molecular complexity index is 1420. The summed E-state index contributed by atoms with van der Waals surface area (Å²) in [4.78, 5) is 44.5. The Morgan fingerprint density at radius 1 is 0.935 bits per heavy atom. The van der Waals surface area contributed by atoms with Gasteiger partial charge in [0.15, 0.2) is 0 Å². The lowest BCUT2D eigenvalue weighted by Crippen LogP contribution is -2.59. The Labute approximate surface area is 282 Å². The number of nitrogens with one attached hydrogen (secondary N) is 2. The number of anilines is 1. The second kappa shape index (κ2) is 14.5. The standard InChI is InChI=1S/C35H45Cl2N5O4/c1-42(20-13-26(14-21-42)25-8-15-38-16-9-25)33(43)32(23-24-6-7-29(36)30(37)22-24)46-35(45)40-17-11-28(12-18-40)41-19-10-27-4-2-3-5-31(27)39-34(41)44/h2-7,22,25-26,28,32,38H,8-21,23H2,1H3/p+1/t26?,32-,42?/m1/s1. The van der Waals surface area contributed by atoms with E-state index in [0.29, 0.717) is 54.4 Å². The van der Waals surface area contributed by atoms with Gasteiger partial charge in [0.05, 0.1) is 30.2 Å². The molecule has 0 radical (unpaired) electrons. The van der Waals surface area contributed by atoms with Gasteiger partial charge in [0.25, 0.3) is 0 Å². The van der Waals surface area contributed by atoms with Crippen molar-refractivity contribution in [3.05, 3.63) is 63.6 Å². The summed E-state index contributed by atoms with van der Waals surface area (Å²) in [5.74, 6) is 1.28. The molecule has 2 N–H and O–H groups in total. The molecule has 6 rings (SSSR count). The molecule has 0 unspecified atom stereocenters. The van der Waals surface area contributed by atoms with Gasteiger partial charge in [0, 0.05) is 50.6 Å². The van der Waals surface area contributed by atoms with E-state index in [1.807, 2.05) is 42.3 Å². The van der Waals surface area contributed by atoms with Gasteiger partial charge in [0.2, 0.25) is 6.10 Å². The summed E-state index contributed by atoms with van der Waals surface area (Å²) in [6.07, 6.45) is 5.29. The number of carbonyl (C=O) groups excluding carboxylic acids is 3. The minimum atomic E-state index is -0.946. The van der Waals surface area contributed by atoms with Crippen LogP contribution in [0.1, 0.15) is 49.7 Å². The van der Waals surface area contributed by atoms with E-state index in [0.717, 1.165) is 62.3 Å². The second-order valence-electron chi connectivity index (χ2n) is 13.7. The first-order valence-electron chi connectivity index (χ1n) is 16.8. The number of hydrogen-bond acceptors (Lipinski definition) is 5. The molecule has 4 aliphatic rings. The number of piperidine rings is 3. The van der Waals surface area contributed by atoms with Gasteiger partial charge in [-0.3, -0.25) is 4.48 Å². The van der Waals surface area contributed by atoms with Gasteiger partial charge in [-0.2, -0.15) is 0 Å². The van der Waals surface area contributed by atoms with Crippen LogP contribution in [0.25, 0.3) is 0 Å². The van der Waals surface area contributed by atoms with Gasteiger partial charge in [0.1, 0.15) is 0 Å². The molecule has 11 heteroatoms. The van der Waals surface area contributed by atoms with Crippen molar-refractivity contribution in [2.75, 3.05) is 58.2 Å². The quantitative estimate of drug-likeness (QED) is 0.369. The molecule has 0 bridgehead atoms. The maximum Gasteiger partial charge on any atom is 0.410 e. The number of likely N-dealkylation sites (N-methyl/N-ethyl adjacent to an activating group) is 1. The Kier molecular flexibility index (Phi) is 10.4. The van der Waals surface area contributed by atoms with E-state index >= 15 is 0 Å². The number of para-hydroxylation sites is 1. The second-order valence-corrected chi connectivity index (χ2v) is 14.5. The van der Waals surface area contributed by atoms with Gasteiger partial charge in [-0.05, 0) is 86.4 Å². The van der Waals surface area contributed by atoms with Crippen molar-refractivity contribution in [2.24, 2.45) is 11.8 Å². The summed E-state index contributed by atoms with van der Waals surface area (Å²) in [7, 11) is 1.99. The van der Waals surface area contributed by atoms with Gasteiger partial charge in [-0.15, -0.1) is 0 Å². The van der Waals surface area contributed by atoms with Gasteiger partial charge >= 0.3 is 18.0 Å². The topological polar surface area (TPSA) is 91.0 Å². The molecule has 2 aromatic carbocycles. The molecule has 3 saturated heterocycles. The number of urea groups is 1. The molecule has 0 saturated carbocycles. The average Bonchev–Trinajstić information content (AvgIpc) is 3.24. The van der Waals surface area contributed by atoms with Gasteiger partial charge in [-0.25, -0.2) is 14.4 Å². The molecule has 4 heterocycles. The zero-order valence-electron chi connectivity index (χ0n) is 26.7. The monoisotopic (exact) mass is 670 g/mol. The summed E-state index contributed by atoms with van der Waals surface area (Å²) < 4.78 is 6.36. The van der Waals surface area contributed by atoms with Crippen LogP contribution in [-0.4, -0.2) is 97.3 Å². The fourth-order valence-electron chi connectivity index (χ4n) is 7.87. The van der Waals surface area contributed by atoms with E-state index in [2.05, 4.69) is 10.6 Å². The lowest BCUT2D eigenvalue weighted by Gasteiger charge is -2.42. The molecule has 1 atom stereocenters. The first-order chi connectivity index (χ1) is 22.2. The maximum absolute atomic E-state index is 14.3. The molecule has 3 fully saturated rings. The molecule has 4 aliphatic heterocycles. The van der Waals surface area contributed by atoms with Crippen molar-refractivity contribution in [1.29, 1.82) is 0 Å². The highest BCUT2D eigenvalue weighted by atomic mass is 35.5. The fraction of sp³-hybridized carbons (Fsp3) is 0.571. The van der Waals surface area contributed by atoms with Crippen molar-refractivity contribution < 1.29 is 23.6 Å². The number of quaternary nitrogens is 1. The largest absolute Gasteiger partial charge is 0.431 e. The molecule has 0 aromatic heterocycles. The number of likely N-dealkylation sites (tertiary alicyclic amines) is 2. The third kappa shape index (κ3) is 7.48. The number of amides is 4. The highest BCUT2D eigenvalue weighted by molar-refractivity contribution is 6.42. The lowest BCUT2D eigenvalue weighted by molar-refractivity contribution is -0.843. The third-order valence-corrected chi connectivity index (χ3v) is 11.5. The van der Waals surface area contributed by atoms with Crippen LogP contribution in [0.3, 0.4) is 0 Å². The van der Waals surface area contributed by atoms with Gasteiger partial charge < -0.3 is 25.2 Å². The van der Waals surface area contributed by atoms with Gasteiger partial charge in [-0.1, -0.05) is 47.5 Å². The summed E-state index contributed by atoms with van der Waals surface area (Å²) in [5, 5.41) is 7.35. The zero-order chi connectivity index (χ0) is 32.3. The maximum atomic E-state index is 14.3. The number of hydrogen-bond donors (Lipinski definition) is 2. The molecule has 0 spiro atoms. The van der Waals surface area contributed by atoms with Crippen LogP contribution in [0, 0.1) is 11.8 Å². The Morgan fingerprint density at radius 2 is 1.63 bits per heavy atom. The van der Waals surface area contributed by atoms with Crippen molar-refractivity contribution in [3.63, 3.8) is 0 Å². The summed E-state index contributed by atoms with van der Waals surface area (Å²) in [5.41, 5.74) is 2.79. The smallest absolute Gasteiger partial charge is 0.410 e. The van der Waals surface area contributed by atoms with E-state index in [9.17, 15) is 14.4 Å². The zero-order valence-corrected chi connectivity index (χ0v) is 28.2. The highest BCUT2D eigenvalue weighted by Gasteiger charge is 2.45. The van der Waals surface area contributed by atoms with E-state index in [4.69, 9.17) is 27.9 Å². The Morgan fingerprint density at radius 3 is 2.35 bits per heavy atom. The molecule has 2 aromatic rings. The normalized spacial score (nSPS) is 25.3. The van der Waals surface area contributed by atoms with Crippen molar-refractivity contribution in [1.82, 2.24) is 15.1 Å². The Balaban J connectivity index is 1.09. The van der Waals surface area contributed by atoms with E-state index < -0.39 is 12.2 Å². The third-order valence-electron chi connectivity index (χ3n) is 10.8. The van der Waals surface area contributed by atoms with E-state index in [1.165, 1.54) is 12.8 Å². The van der Waals surface area contributed by atoms with Crippen LogP contribution >= 0.6 is 23.2 Å². The van der Waals surface area contributed by atoms with Crippen LogP contribution in [0.5, 0.6) is 0 Å². The summed E-state index contributed by atoms with van der Waals surface area (Å²) >= 11 is 12.5. The molecule has 0 aliphatic carbocycles. The van der Waals surface area contributed by atoms with Crippen LogP contribution in [0.15, 0.2) is 42.5 Å². The number of benzene rings is 2. The van der Waals surface area contributed by atoms with Crippen molar-refractivity contribution >= 4 is 46.9 Å². The van der Waals surface area contributed by atoms with Crippen molar-refractivity contribution in [3.8, 4) is 0 Å². The first-order valence-corrected chi connectivity index (χ1v) is 17.6. The summed E-state index contributed by atoms with van der Waals surface area (Å²) in [6.45, 7) is 5.18. The summed E-state index contributed by atoms with van der Waals surface area (Å²) in [6, 6.07) is 13.1. The average molecular weight is 672 g/mol.